The summed E-state index contributed by atoms with van der Waals surface area (Å²) in [6.07, 6.45) is 1.42. The van der Waals surface area contributed by atoms with Gasteiger partial charge in [-0.25, -0.2) is 0 Å². The van der Waals surface area contributed by atoms with Crippen molar-refractivity contribution in [3.05, 3.63) is 27.7 Å². The van der Waals surface area contributed by atoms with Gasteiger partial charge in [-0.05, 0) is 58.8 Å². The highest BCUT2D eigenvalue weighted by Crippen LogP contribution is 2.36. The number of carbonyl (C=O) groups is 2. The van der Waals surface area contributed by atoms with E-state index in [-0.39, 0.29) is 22.2 Å². The van der Waals surface area contributed by atoms with Crippen molar-refractivity contribution in [3.63, 3.8) is 0 Å². The number of halogens is 1. The minimum absolute atomic E-state index is 0.0401. The van der Waals surface area contributed by atoms with E-state index in [9.17, 15) is 14.7 Å². The SMILES string of the molecule is CCOc1cc(/C=C2\C(=O)NC(=S)N(C)C2=O)cc(Br)c1O. The van der Waals surface area contributed by atoms with Crippen molar-refractivity contribution in [2.24, 2.45) is 0 Å². The van der Waals surface area contributed by atoms with Gasteiger partial charge in [-0.3, -0.25) is 19.8 Å². The Labute approximate surface area is 140 Å². The lowest BCUT2D eigenvalue weighted by molar-refractivity contribution is -0.128. The number of rotatable bonds is 3. The first-order valence-electron chi connectivity index (χ1n) is 6.35. The molecule has 1 fully saturated rings. The first-order valence-corrected chi connectivity index (χ1v) is 7.55. The summed E-state index contributed by atoms with van der Waals surface area (Å²) in [6.45, 7) is 2.16. The van der Waals surface area contributed by atoms with Crippen molar-refractivity contribution in [3.8, 4) is 11.5 Å². The van der Waals surface area contributed by atoms with Crippen LogP contribution in [-0.2, 0) is 9.59 Å². The van der Waals surface area contributed by atoms with Gasteiger partial charge in [0.25, 0.3) is 11.8 Å². The van der Waals surface area contributed by atoms with Crippen LogP contribution in [0.5, 0.6) is 11.5 Å². The van der Waals surface area contributed by atoms with Crippen molar-refractivity contribution in [2.75, 3.05) is 13.7 Å². The van der Waals surface area contributed by atoms with Gasteiger partial charge in [-0.2, -0.15) is 0 Å². The summed E-state index contributed by atoms with van der Waals surface area (Å²) in [5.41, 5.74) is 0.490. The van der Waals surface area contributed by atoms with Crippen LogP contribution in [0.2, 0.25) is 0 Å². The minimum atomic E-state index is -0.560. The molecule has 2 rings (SSSR count). The topological polar surface area (TPSA) is 78.9 Å². The second-order valence-corrected chi connectivity index (χ2v) is 5.70. The van der Waals surface area contributed by atoms with Gasteiger partial charge in [-0.15, -0.1) is 0 Å². The lowest BCUT2D eigenvalue weighted by Gasteiger charge is -2.25. The molecule has 0 atom stereocenters. The molecule has 1 aromatic carbocycles. The molecule has 116 valence electrons. The molecule has 0 spiro atoms. The van der Waals surface area contributed by atoms with Crippen LogP contribution in [0.15, 0.2) is 22.2 Å². The minimum Gasteiger partial charge on any atom is -0.503 e. The molecule has 8 heteroatoms. The van der Waals surface area contributed by atoms with E-state index >= 15 is 0 Å². The molecule has 0 bridgehead atoms. The first-order chi connectivity index (χ1) is 10.3. The smallest absolute Gasteiger partial charge is 0.265 e. The fourth-order valence-electron chi connectivity index (χ4n) is 1.85. The molecule has 2 N–H and O–H groups in total. The molecule has 22 heavy (non-hydrogen) atoms. The first kappa shape index (κ1) is 16.4. The third kappa shape index (κ3) is 3.12. The van der Waals surface area contributed by atoms with Gasteiger partial charge in [-0.1, -0.05) is 0 Å². The van der Waals surface area contributed by atoms with Gasteiger partial charge in [0.15, 0.2) is 16.6 Å². The maximum Gasteiger partial charge on any atom is 0.265 e. The molecule has 0 aliphatic carbocycles. The Balaban J connectivity index is 2.46. The zero-order valence-electron chi connectivity index (χ0n) is 11.8. The molecular weight excluding hydrogens is 372 g/mol. The maximum absolute atomic E-state index is 12.1. The molecule has 1 aromatic rings. The molecule has 1 aliphatic heterocycles. The number of hydrogen-bond acceptors (Lipinski definition) is 5. The van der Waals surface area contributed by atoms with Crippen LogP contribution in [-0.4, -0.2) is 40.6 Å². The number of phenols is 1. The average Bonchev–Trinajstić information content (AvgIpc) is 2.46. The van der Waals surface area contributed by atoms with Gasteiger partial charge < -0.3 is 9.84 Å². The largest absolute Gasteiger partial charge is 0.503 e. The summed E-state index contributed by atoms with van der Waals surface area (Å²) in [4.78, 5) is 25.2. The number of likely N-dealkylation sites (N-methyl/N-ethyl adjacent to an activating group) is 1. The summed E-state index contributed by atoms with van der Waals surface area (Å²) in [6, 6.07) is 3.13. The molecule has 0 aromatic heterocycles. The third-order valence-electron chi connectivity index (χ3n) is 2.97. The van der Waals surface area contributed by atoms with Crippen LogP contribution in [0.4, 0.5) is 0 Å². The Hall–Kier alpha value is -1.93. The van der Waals surface area contributed by atoms with Gasteiger partial charge in [0, 0.05) is 7.05 Å². The van der Waals surface area contributed by atoms with Crippen molar-refractivity contribution in [2.45, 2.75) is 6.92 Å². The lowest BCUT2D eigenvalue weighted by atomic mass is 10.1. The van der Waals surface area contributed by atoms with E-state index in [1.165, 1.54) is 18.0 Å². The van der Waals surface area contributed by atoms with E-state index in [1.54, 1.807) is 19.1 Å². The van der Waals surface area contributed by atoms with Crippen LogP contribution >= 0.6 is 28.1 Å². The predicted octanol–water partition coefficient (Wildman–Crippen LogP) is 1.81. The van der Waals surface area contributed by atoms with E-state index in [0.29, 0.717) is 16.6 Å². The van der Waals surface area contributed by atoms with Crippen molar-refractivity contribution in [1.29, 1.82) is 0 Å². The fourth-order valence-corrected chi connectivity index (χ4v) is 2.49. The molecule has 0 radical (unpaired) electrons. The highest BCUT2D eigenvalue weighted by atomic mass is 79.9. The van der Waals surface area contributed by atoms with Crippen LogP contribution in [0.25, 0.3) is 6.08 Å². The summed E-state index contributed by atoms with van der Waals surface area (Å²) in [5, 5.41) is 12.4. The van der Waals surface area contributed by atoms with E-state index in [0.717, 1.165) is 0 Å². The maximum atomic E-state index is 12.1. The molecule has 6 nitrogen and oxygen atoms in total. The summed E-state index contributed by atoms with van der Waals surface area (Å²) in [5.74, 6) is -0.829. The average molecular weight is 385 g/mol. The van der Waals surface area contributed by atoms with Crippen LogP contribution in [0, 0.1) is 0 Å². The second-order valence-electron chi connectivity index (χ2n) is 4.46. The number of aromatic hydroxyl groups is 1. The Morgan fingerprint density at radius 2 is 2.14 bits per heavy atom. The summed E-state index contributed by atoms with van der Waals surface area (Å²) in [7, 11) is 1.48. The zero-order chi connectivity index (χ0) is 16.4. The molecule has 0 unspecified atom stereocenters. The number of carbonyl (C=O) groups excluding carboxylic acids is 2. The van der Waals surface area contributed by atoms with Crippen molar-refractivity contribution >= 4 is 51.2 Å². The number of nitrogens with zero attached hydrogens (tertiary/aromatic N) is 1. The van der Waals surface area contributed by atoms with Gasteiger partial charge in [0.05, 0.1) is 11.1 Å². The highest BCUT2D eigenvalue weighted by molar-refractivity contribution is 9.10. The number of ether oxygens (including phenoxy) is 1. The molecular formula is C14H13BrN2O4S. The fraction of sp³-hybridized carbons (Fsp3) is 0.214. The van der Waals surface area contributed by atoms with E-state index < -0.39 is 11.8 Å². The molecule has 1 aliphatic rings. The van der Waals surface area contributed by atoms with E-state index in [4.69, 9.17) is 17.0 Å². The Bertz CT molecular complexity index is 702. The van der Waals surface area contributed by atoms with Crippen LogP contribution in [0.3, 0.4) is 0 Å². The van der Waals surface area contributed by atoms with Crippen LogP contribution < -0.4 is 10.1 Å². The number of nitrogens with one attached hydrogen (secondary N) is 1. The van der Waals surface area contributed by atoms with E-state index in [2.05, 4.69) is 21.2 Å². The van der Waals surface area contributed by atoms with Crippen molar-refractivity contribution in [1.82, 2.24) is 10.2 Å². The second kappa shape index (κ2) is 6.45. The predicted molar refractivity (Wildman–Crippen MR) is 88.5 cm³/mol. The third-order valence-corrected chi connectivity index (χ3v) is 3.95. The summed E-state index contributed by atoms with van der Waals surface area (Å²) < 4.78 is 5.71. The Morgan fingerprint density at radius 3 is 2.77 bits per heavy atom. The Morgan fingerprint density at radius 1 is 1.45 bits per heavy atom. The number of phenolic OH excluding ortho intramolecular Hbond substituents is 1. The number of hydrogen-bond donors (Lipinski definition) is 2. The zero-order valence-corrected chi connectivity index (χ0v) is 14.2. The molecule has 0 saturated carbocycles. The van der Waals surface area contributed by atoms with Gasteiger partial charge >= 0.3 is 0 Å². The lowest BCUT2D eigenvalue weighted by Crippen LogP contribution is -2.52. The van der Waals surface area contributed by atoms with E-state index in [1.807, 2.05) is 0 Å². The van der Waals surface area contributed by atoms with Crippen molar-refractivity contribution < 1.29 is 19.4 Å². The molecule has 1 saturated heterocycles. The number of benzene rings is 1. The number of thiocarbonyl (C=S) groups is 1. The van der Waals surface area contributed by atoms with Gasteiger partial charge in [0.1, 0.15) is 5.57 Å². The monoisotopic (exact) mass is 384 g/mol. The van der Waals surface area contributed by atoms with Crippen LogP contribution in [0.1, 0.15) is 12.5 Å². The quantitative estimate of drug-likeness (QED) is 0.472. The highest BCUT2D eigenvalue weighted by Gasteiger charge is 2.30. The molecule has 2 amide bonds. The van der Waals surface area contributed by atoms with Gasteiger partial charge in [0.2, 0.25) is 0 Å². The Kier molecular flexibility index (Phi) is 4.82. The molecule has 1 heterocycles. The standard InChI is InChI=1S/C14H13BrN2O4S/c1-3-21-10-6-7(5-9(15)11(10)18)4-8-12(19)16-14(22)17(2)13(8)20/h4-6,18H,3H2,1-2H3,(H,16,19,22)/b8-4+. The number of amides is 2. The summed E-state index contributed by atoms with van der Waals surface area (Å²) >= 11 is 8.09. The normalized spacial score (nSPS) is 17.0.